The molecule has 0 N–H and O–H groups in total. The van der Waals surface area contributed by atoms with Gasteiger partial charge in [-0.05, 0) is 23.8 Å². The summed E-state index contributed by atoms with van der Waals surface area (Å²) in [5, 5.41) is 0. The molecule has 0 saturated heterocycles. The van der Waals surface area contributed by atoms with Gasteiger partial charge in [-0.3, -0.25) is 0 Å². The lowest BCUT2D eigenvalue weighted by Gasteiger charge is -2.12. The molecule has 0 atom stereocenters. The number of nitrogens with zero attached hydrogens (tertiary/aromatic N) is 1. The molecule has 22 heavy (non-hydrogen) atoms. The standard InChI is InChI=1S/C16H17NO4S/c1-17(2)22(19,20)15-10-6-9-14(11-15)16(18)21-12-13-7-4-3-5-8-13/h3-11H,12H2,1-2H3. The van der Waals surface area contributed by atoms with Crippen molar-refractivity contribution in [2.45, 2.75) is 11.5 Å². The van der Waals surface area contributed by atoms with Gasteiger partial charge in [0.2, 0.25) is 10.0 Å². The van der Waals surface area contributed by atoms with Crippen LogP contribution in [0.5, 0.6) is 0 Å². The second-order valence-electron chi connectivity index (χ2n) is 4.88. The molecule has 0 amide bonds. The van der Waals surface area contributed by atoms with Gasteiger partial charge in [0, 0.05) is 14.1 Å². The van der Waals surface area contributed by atoms with Gasteiger partial charge in [-0.1, -0.05) is 36.4 Å². The second kappa shape index (κ2) is 6.72. The van der Waals surface area contributed by atoms with E-state index in [0.717, 1.165) is 9.87 Å². The van der Waals surface area contributed by atoms with E-state index in [1.165, 1.54) is 38.4 Å². The molecule has 0 heterocycles. The third-order valence-corrected chi connectivity index (χ3v) is 4.87. The third kappa shape index (κ3) is 3.72. The number of benzene rings is 2. The molecule has 0 saturated carbocycles. The molecule has 0 aliphatic heterocycles. The van der Waals surface area contributed by atoms with Gasteiger partial charge in [0.25, 0.3) is 0 Å². The molecule has 6 heteroatoms. The highest BCUT2D eigenvalue weighted by Crippen LogP contribution is 2.16. The normalized spacial score (nSPS) is 11.4. The number of carbonyl (C=O) groups excluding carboxylic acids is 1. The van der Waals surface area contributed by atoms with E-state index >= 15 is 0 Å². The van der Waals surface area contributed by atoms with Crippen LogP contribution in [-0.2, 0) is 21.4 Å². The van der Waals surface area contributed by atoms with Gasteiger partial charge in [0.05, 0.1) is 10.5 Å². The van der Waals surface area contributed by atoms with Crippen LogP contribution in [-0.4, -0.2) is 32.8 Å². The van der Waals surface area contributed by atoms with Gasteiger partial charge in [-0.15, -0.1) is 0 Å². The maximum Gasteiger partial charge on any atom is 0.338 e. The number of rotatable bonds is 5. The number of esters is 1. The Morgan fingerprint density at radius 2 is 1.73 bits per heavy atom. The van der Waals surface area contributed by atoms with Gasteiger partial charge in [-0.25, -0.2) is 17.5 Å². The molecule has 0 aromatic heterocycles. The molecule has 0 radical (unpaired) electrons. The fraction of sp³-hybridized carbons (Fsp3) is 0.188. The SMILES string of the molecule is CN(C)S(=O)(=O)c1cccc(C(=O)OCc2ccccc2)c1. The smallest absolute Gasteiger partial charge is 0.338 e. The number of hydrogen-bond acceptors (Lipinski definition) is 4. The Hall–Kier alpha value is -2.18. The Balaban J connectivity index is 2.14. The van der Waals surface area contributed by atoms with Crippen molar-refractivity contribution in [1.82, 2.24) is 4.31 Å². The number of ether oxygens (including phenoxy) is 1. The van der Waals surface area contributed by atoms with E-state index in [2.05, 4.69) is 0 Å². The zero-order chi connectivity index (χ0) is 16.2. The summed E-state index contributed by atoms with van der Waals surface area (Å²) < 4.78 is 30.4. The molecule has 0 bridgehead atoms. The van der Waals surface area contributed by atoms with E-state index in [1.54, 1.807) is 0 Å². The molecular weight excluding hydrogens is 302 g/mol. The van der Waals surface area contributed by atoms with Crippen molar-refractivity contribution in [3.63, 3.8) is 0 Å². The van der Waals surface area contributed by atoms with Crippen LogP contribution < -0.4 is 0 Å². The lowest BCUT2D eigenvalue weighted by Crippen LogP contribution is -2.22. The van der Waals surface area contributed by atoms with E-state index in [1.807, 2.05) is 30.3 Å². The summed E-state index contributed by atoms with van der Waals surface area (Å²) in [6.45, 7) is 0.143. The fourth-order valence-electron chi connectivity index (χ4n) is 1.80. The van der Waals surface area contributed by atoms with E-state index in [0.29, 0.717) is 0 Å². The van der Waals surface area contributed by atoms with Crippen molar-refractivity contribution in [2.75, 3.05) is 14.1 Å². The van der Waals surface area contributed by atoms with Gasteiger partial charge in [0.1, 0.15) is 6.61 Å². The monoisotopic (exact) mass is 319 g/mol. The van der Waals surface area contributed by atoms with Crippen LogP contribution in [0.2, 0.25) is 0 Å². The number of carbonyl (C=O) groups is 1. The highest BCUT2D eigenvalue weighted by molar-refractivity contribution is 7.89. The van der Waals surface area contributed by atoms with Crippen LogP contribution in [0, 0.1) is 0 Å². The quantitative estimate of drug-likeness (QED) is 0.793. The molecule has 0 aliphatic rings. The minimum Gasteiger partial charge on any atom is -0.457 e. The van der Waals surface area contributed by atoms with E-state index in [-0.39, 0.29) is 17.1 Å². The molecule has 0 unspecified atom stereocenters. The summed E-state index contributed by atoms with van der Waals surface area (Å²) in [6, 6.07) is 15.1. The lowest BCUT2D eigenvalue weighted by molar-refractivity contribution is 0.0472. The van der Waals surface area contributed by atoms with Crippen LogP contribution in [0.4, 0.5) is 0 Å². The Morgan fingerprint density at radius 3 is 2.36 bits per heavy atom. The van der Waals surface area contributed by atoms with Crippen molar-refractivity contribution in [3.8, 4) is 0 Å². The molecule has 2 rings (SSSR count). The second-order valence-corrected chi connectivity index (χ2v) is 7.03. The number of hydrogen-bond donors (Lipinski definition) is 0. The summed E-state index contributed by atoms with van der Waals surface area (Å²) in [5.74, 6) is -0.556. The minimum atomic E-state index is -3.57. The Bertz CT molecular complexity index is 755. The third-order valence-electron chi connectivity index (χ3n) is 3.06. The zero-order valence-corrected chi connectivity index (χ0v) is 13.2. The average molecular weight is 319 g/mol. The Morgan fingerprint density at radius 1 is 1.05 bits per heavy atom. The fourth-order valence-corrected chi connectivity index (χ4v) is 2.75. The molecule has 2 aromatic rings. The first-order valence-corrected chi connectivity index (χ1v) is 8.09. The molecule has 116 valence electrons. The van der Waals surface area contributed by atoms with E-state index in [9.17, 15) is 13.2 Å². The van der Waals surface area contributed by atoms with Gasteiger partial charge in [0.15, 0.2) is 0 Å². The van der Waals surface area contributed by atoms with Crippen LogP contribution in [0.1, 0.15) is 15.9 Å². The predicted octanol–water partition coefficient (Wildman–Crippen LogP) is 2.29. The summed E-state index contributed by atoms with van der Waals surface area (Å²) in [6.07, 6.45) is 0. The van der Waals surface area contributed by atoms with E-state index in [4.69, 9.17) is 4.74 Å². The van der Waals surface area contributed by atoms with Crippen LogP contribution in [0.15, 0.2) is 59.5 Å². The van der Waals surface area contributed by atoms with Gasteiger partial charge < -0.3 is 4.74 Å². The van der Waals surface area contributed by atoms with E-state index < -0.39 is 16.0 Å². The minimum absolute atomic E-state index is 0.0617. The molecule has 2 aromatic carbocycles. The Labute approximate surface area is 130 Å². The average Bonchev–Trinajstić information content (AvgIpc) is 2.53. The highest BCUT2D eigenvalue weighted by Gasteiger charge is 2.19. The molecular formula is C16H17NO4S. The molecule has 5 nitrogen and oxygen atoms in total. The number of sulfonamides is 1. The maximum atomic E-state index is 12.1. The van der Waals surface area contributed by atoms with Crippen molar-refractivity contribution >= 4 is 16.0 Å². The van der Waals surface area contributed by atoms with Crippen LogP contribution in [0.3, 0.4) is 0 Å². The first kappa shape index (κ1) is 16.2. The van der Waals surface area contributed by atoms with Crippen LogP contribution in [0.25, 0.3) is 0 Å². The van der Waals surface area contributed by atoms with Crippen molar-refractivity contribution in [3.05, 3.63) is 65.7 Å². The van der Waals surface area contributed by atoms with Crippen molar-refractivity contribution < 1.29 is 17.9 Å². The maximum absolute atomic E-state index is 12.1. The first-order chi connectivity index (χ1) is 10.4. The van der Waals surface area contributed by atoms with Crippen molar-refractivity contribution in [1.29, 1.82) is 0 Å². The topological polar surface area (TPSA) is 63.7 Å². The summed E-state index contributed by atoms with van der Waals surface area (Å²) in [5.41, 5.74) is 1.08. The summed E-state index contributed by atoms with van der Waals surface area (Å²) in [7, 11) is -0.694. The first-order valence-electron chi connectivity index (χ1n) is 6.65. The van der Waals surface area contributed by atoms with Crippen LogP contribution >= 0.6 is 0 Å². The zero-order valence-electron chi connectivity index (χ0n) is 12.4. The molecule has 0 spiro atoms. The molecule has 0 fully saturated rings. The van der Waals surface area contributed by atoms with Gasteiger partial charge in [-0.2, -0.15) is 0 Å². The Kier molecular flexibility index (Phi) is 4.95. The van der Waals surface area contributed by atoms with Gasteiger partial charge >= 0.3 is 5.97 Å². The summed E-state index contributed by atoms with van der Waals surface area (Å²) in [4.78, 5) is 12.1. The lowest BCUT2D eigenvalue weighted by atomic mass is 10.2. The van der Waals surface area contributed by atoms with Crippen molar-refractivity contribution in [2.24, 2.45) is 0 Å². The highest BCUT2D eigenvalue weighted by atomic mass is 32.2. The predicted molar refractivity (Wildman–Crippen MR) is 82.9 cm³/mol. The summed E-state index contributed by atoms with van der Waals surface area (Å²) >= 11 is 0. The molecule has 0 aliphatic carbocycles. The largest absolute Gasteiger partial charge is 0.457 e.